The van der Waals surface area contributed by atoms with E-state index in [1.54, 1.807) is 0 Å². The number of alkyl halides is 1. The Morgan fingerprint density at radius 1 is 1.44 bits per heavy atom. The number of hydrogen-bond acceptors (Lipinski definition) is 4. The Kier molecular flexibility index (Phi) is 3.74. The van der Waals surface area contributed by atoms with Gasteiger partial charge in [-0.3, -0.25) is 4.79 Å². The molecule has 2 rings (SSSR count). The van der Waals surface area contributed by atoms with Crippen LogP contribution in [0.5, 0.6) is 5.75 Å². The number of hydrogen-bond donors (Lipinski definition) is 2. The number of carbonyl (C=O) groups excluding carboxylic acids is 1. The van der Waals surface area contributed by atoms with Crippen LogP contribution in [0.15, 0.2) is 23.1 Å². The van der Waals surface area contributed by atoms with Crippen LogP contribution in [0, 0.1) is 0 Å². The van der Waals surface area contributed by atoms with Gasteiger partial charge < -0.3 is 10.1 Å². The first-order chi connectivity index (χ1) is 8.53. The minimum atomic E-state index is -3.60. The molecule has 1 aromatic rings. The van der Waals surface area contributed by atoms with Crippen molar-refractivity contribution in [2.24, 2.45) is 0 Å². The number of benzene rings is 1. The molecule has 1 aromatic carbocycles. The number of fused-ring (bicyclic) bond motifs is 1. The van der Waals surface area contributed by atoms with Gasteiger partial charge in [-0.25, -0.2) is 13.1 Å². The molecule has 0 aromatic heterocycles. The molecule has 0 saturated heterocycles. The largest absolute Gasteiger partial charge is 0.482 e. The lowest BCUT2D eigenvalue weighted by molar-refractivity contribution is -0.118. The fourth-order valence-electron chi connectivity index (χ4n) is 1.48. The summed E-state index contributed by atoms with van der Waals surface area (Å²) < 4.78 is 31.1. The highest BCUT2D eigenvalue weighted by atomic mass is 35.5. The smallest absolute Gasteiger partial charge is 0.262 e. The van der Waals surface area contributed by atoms with Crippen molar-refractivity contribution in [3.05, 3.63) is 18.2 Å². The first kappa shape index (κ1) is 13.1. The molecule has 1 amide bonds. The lowest BCUT2D eigenvalue weighted by Crippen LogP contribution is -2.27. The van der Waals surface area contributed by atoms with E-state index in [1.165, 1.54) is 18.2 Å². The van der Waals surface area contributed by atoms with E-state index in [9.17, 15) is 13.2 Å². The van der Waals surface area contributed by atoms with Crippen molar-refractivity contribution in [2.45, 2.75) is 4.90 Å². The van der Waals surface area contributed by atoms with Crippen LogP contribution in [0.25, 0.3) is 0 Å². The van der Waals surface area contributed by atoms with Crippen LogP contribution in [-0.4, -0.2) is 33.4 Å². The molecule has 0 radical (unpaired) electrons. The molecule has 8 heteroatoms. The van der Waals surface area contributed by atoms with E-state index in [0.29, 0.717) is 11.4 Å². The van der Waals surface area contributed by atoms with Crippen LogP contribution in [0.1, 0.15) is 0 Å². The van der Waals surface area contributed by atoms with Gasteiger partial charge in [0.1, 0.15) is 5.75 Å². The predicted molar refractivity (Wildman–Crippen MR) is 66.5 cm³/mol. The van der Waals surface area contributed by atoms with E-state index in [-0.39, 0.29) is 29.8 Å². The molecule has 2 N–H and O–H groups in total. The van der Waals surface area contributed by atoms with Crippen molar-refractivity contribution in [3.8, 4) is 5.75 Å². The molecular formula is C10H11ClN2O4S. The minimum Gasteiger partial charge on any atom is -0.482 e. The molecule has 1 heterocycles. The summed E-state index contributed by atoms with van der Waals surface area (Å²) in [5.74, 6) is 0.262. The average Bonchev–Trinajstić information content (AvgIpc) is 2.35. The molecular weight excluding hydrogens is 280 g/mol. The van der Waals surface area contributed by atoms with Crippen molar-refractivity contribution in [3.63, 3.8) is 0 Å². The number of halogens is 1. The van der Waals surface area contributed by atoms with E-state index in [0.717, 1.165) is 0 Å². The van der Waals surface area contributed by atoms with Crippen LogP contribution < -0.4 is 14.8 Å². The zero-order valence-electron chi connectivity index (χ0n) is 9.27. The minimum absolute atomic E-state index is 0.0718. The standard InChI is InChI=1S/C10H11ClN2O4S/c11-3-4-12-18(15,16)7-1-2-8-9(5-7)17-6-10(14)13-8/h1-2,5,12H,3-4,6H2,(H,13,14). The predicted octanol–water partition coefficient (Wildman–Crippen LogP) is 0.535. The summed E-state index contributed by atoms with van der Waals surface area (Å²) in [5, 5.41) is 2.58. The number of anilines is 1. The van der Waals surface area contributed by atoms with Gasteiger partial charge in [0.15, 0.2) is 6.61 Å². The van der Waals surface area contributed by atoms with Crippen molar-refractivity contribution in [1.29, 1.82) is 0 Å². The maximum atomic E-state index is 11.8. The third-order valence-corrected chi connectivity index (χ3v) is 3.93. The number of amides is 1. The van der Waals surface area contributed by atoms with E-state index in [4.69, 9.17) is 16.3 Å². The summed E-state index contributed by atoms with van der Waals surface area (Å²) in [5.41, 5.74) is 0.461. The highest BCUT2D eigenvalue weighted by Crippen LogP contribution is 2.29. The first-order valence-corrected chi connectivity index (χ1v) is 7.17. The molecule has 0 atom stereocenters. The van der Waals surface area contributed by atoms with E-state index in [2.05, 4.69) is 10.0 Å². The molecule has 0 aliphatic carbocycles. The van der Waals surface area contributed by atoms with Gasteiger partial charge in [-0.2, -0.15) is 0 Å². The zero-order valence-corrected chi connectivity index (χ0v) is 10.8. The molecule has 98 valence electrons. The SMILES string of the molecule is O=C1COc2cc(S(=O)(=O)NCCCl)ccc2N1. The second-order valence-electron chi connectivity index (χ2n) is 3.58. The fraction of sp³-hybridized carbons (Fsp3) is 0.300. The van der Waals surface area contributed by atoms with Gasteiger partial charge in [0.05, 0.1) is 10.6 Å². The second-order valence-corrected chi connectivity index (χ2v) is 5.73. The highest BCUT2D eigenvalue weighted by Gasteiger charge is 2.20. The first-order valence-electron chi connectivity index (χ1n) is 5.15. The van der Waals surface area contributed by atoms with Crippen LogP contribution in [0.4, 0.5) is 5.69 Å². The monoisotopic (exact) mass is 290 g/mol. The Balaban J connectivity index is 2.29. The summed E-state index contributed by atoms with van der Waals surface area (Å²) in [4.78, 5) is 11.1. The Hall–Kier alpha value is -1.31. The van der Waals surface area contributed by atoms with Gasteiger partial charge >= 0.3 is 0 Å². The van der Waals surface area contributed by atoms with Crippen LogP contribution in [-0.2, 0) is 14.8 Å². The van der Waals surface area contributed by atoms with Crippen LogP contribution in [0.3, 0.4) is 0 Å². The van der Waals surface area contributed by atoms with Gasteiger partial charge in [0.2, 0.25) is 10.0 Å². The summed E-state index contributed by atoms with van der Waals surface area (Å²) >= 11 is 5.43. The van der Waals surface area contributed by atoms with Gasteiger partial charge in [-0.15, -0.1) is 11.6 Å². The third-order valence-electron chi connectivity index (χ3n) is 2.28. The van der Waals surface area contributed by atoms with Crippen molar-refractivity contribution >= 4 is 33.2 Å². The quantitative estimate of drug-likeness (QED) is 0.793. The van der Waals surface area contributed by atoms with Gasteiger partial charge in [-0.05, 0) is 12.1 Å². The van der Waals surface area contributed by atoms with Crippen LogP contribution >= 0.6 is 11.6 Å². The Labute approximate surface area is 109 Å². The maximum absolute atomic E-state index is 11.8. The van der Waals surface area contributed by atoms with E-state index >= 15 is 0 Å². The molecule has 1 aliphatic heterocycles. The number of ether oxygens (including phenoxy) is 1. The normalized spacial score (nSPS) is 14.6. The Bertz CT molecular complexity index is 573. The Morgan fingerprint density at radius 2 is 2.22 bits per heavy atom. The summed E-state index contributed by atoms with van der Waals surface area (Å²) in [6, 6.07) is 4.25. The topological polar surface area (TPSA) is 84.5 Å². The lowest BCUT2D eigenvalue weighted by atomic mass is 10.2. The zero-order chi connectivity index (χ0) is 13.2. The van der Waals surface area contributed by atoms with Gasteiger partial charge in [0, 0.05) is 18.5 Å². The summed E-state index contributed by atoms with van der Waals surface area (Å²) in [6.07, 6.45) is 0. The summed E-state index contributed by atoms with van der Waals surface area (Å²) in [6.45, 7) is 0.0319. The maximum Gasteiger partial charge on any atom is 0.262 e. The number of rotatable bonds is 4. The van der Waals surface area contributed by atoms with Crippen molar-refractivity contribution in [2.75, 3.05) is 24.3 Å². The molecule has 0 fully saturated rings. The number of sulfonamides is 1. The van der Waals surface area contributed by atoms with Gasteiger partial charge in [-0.1, -0.05) is 0 Å². The molecule has 1 aliphatic rings. The molecule has 6 nitrogen and oxygen atoms in total. The van der Waals surface area contributed by atoms with Crippen LogP contribution in [0.2, 0.25) is 0 Å². The van der Waals surface area contributed by atoms with Gasteiger partial charge in [0.25, 0.3) is 5.91 Å². The van der Waals surface area contributed by atoms with E-state index in [1.807, 2.05) is 0 Å². The summed E-state index contributed by atoms with van der Waals surface area (Å²) in [7, 11) is -3.60. The number of nitrogens with one attached hydrogen (secondary N) is 2. The molecule has 0 saturated carbocycles. The molecule has 18 heavy (non-hydrogen) atoms. The number of carbonyl (C=O) groups is 1. The molecule has 0 bridgehead atoms. The highest BCUT2D eigenvalue weighted by molar-refractivity contribution is 7.89. The molecule has 0 unspecified atom stereocenters. The average molecular weight is 291 g/mol. The van der Waals surface area contributed by atoms with E-state index < -0.39 is 10.0 Å². The Morgan fingerprint density at radius 3 is 2.94 bits per heavy atom. The third kappa shape index (κ3) is 2.74. The fourth-order valence-corrected chi connectivity index (χ4v) is 2.73. The second kappa shape index (κ2) is 5.13. The molecule has 0 spiro atoms. The van der Waals surface area contributed by atoms with Crippen molar-refractivity contribution in [1.82, 2.24) is 4.72 Å². The van der Waals surface area contributed by atoms with Crippen molar-refractivity contribution < 1.29 is 17.9 Å². The lowest BCUT2D eigenvalue weighted by Gasteiger charge is -2.18.